The van der Waals surface area contributed by atoms with Crippen molar-refractivity contribution in [3.63, 3.8) is 0 Å². The second-order valence-electron chi connectivity index (χ2n) is 4.75. The largest absolute Gasteiger partial charge is 0.335 e. The highest BCUT2D eigenvalue weighted by atomic mass is 15.1. The summed E-state index contributed by atoms with van der Waals surface area (Å²) in [6.07, 6.45) is 4.85. The first-order chi connectivity index (χ1) is 8.70. The quantitative estimate of drug-likeness (QED) is 0.873. The highest BCUT2D eigenvalue weighted by molar-refractivity contribution is 5.22. The van der Waals surface area contributed by atoms with Gasteiger partial charge in [-0.25, -0.2) is 4.98 Å². The van der Waals surface area contributed by atoms with E-state index in [0.717, 1.165) is 25.1 Å². The Balaban J connectivity index is 1.99. The van der Waals surface area contributed by atoms with Gasteiger partial charge in [-0.15, -0.1) is 0 Å². The van der Waals surface area contributed by atoms with Crippen molar-refractivity contribution >= 4 is 0 Å². The van der Waals surface area contributed by atoms with E-state index in [1.54, 1.807) is 0 Å². The number of aryl methyl sites for hydroxylation is 3. The molecule has 0 bridgehead atoms. The number of aromatic nitrogens is 2. The van der Waals surface area contributed by atoms with Gasteiger partial charge in [0.1, 0.15) is 5.82 Å². The van der Waals surface area contributed by atoms with Crippen molar-refractivity contribution in [2.45, 2.75) is 26.2 Å². The third-order valence-electron chi connectivity index (χ3n) is 3.34. The van der Waals surface area contributed by atoms with Gasteiger partial charge in [-0.05, 0) is 25.5 Å². The van der Waals surface area contributed by atoms with Gasteiger partial charge in [-0.3, -0.25) is 0 Å². The zero-order valence-corrected chi connectivity index (χ0v) is 11.2. The summed E-state index contributed by atoms with van der Waals surface area (Å²) in [5, 5.41) is 0. The van der Waals surface area contributed by atoms with Gasteiger partial charge >= 0.3 is 0 Å². The van der Waals surface area contributed by atoms with Crippen molar-refractivity contribution in [1.82, 2.24) is 9.55 Å². The van der Waals surface area contributed by atoms with E-state index < -0.39 is 0 Å². The second kappa shape index (κ2) is 5.83. The molecule has 0 spiro atoms. The fraction of sp³-hybridized carbons (Fsp3) is 0.400. The molecule has 0 radical (unpaired) electrons. The van der Waals surface area contributed by atoms with E-state index in [-0.39, 0.29) is 0 Å². The minimum absolute atomic E-state index is 0.678. The Morgan fingerprint density at radius 2 is 1.83 bits per heavy atom. The normalized spacial score (nSPS) is 10.8. The lowest BCUT2D eigenvalue weighted by atomic mass is 10.1. The lowest BCUT2D eigenvalue weighted by Gasteiger charge is -2.05. The summed E-state index contributed by atoms with van der Waals surface area (Å²) in [5.74, 6) is 1.14. The molecule has 18 heavy (non-hydrogen) atoms. The van der Waals surface area contributed by atoms with Crippen LogP contribution in [0.2, 0.25) is 0 Å². The first kappa shape index (κ1) is 12.8. The smallest absolute Gasteiger partial charge is 0.108 e. The van der Waals surface area contributed by atoms with E-state index in [0.29, 0.717) is 6.54 Å². The van der Waals surface area contributed by atoms with E-state index in [1.165, 1.54) is 16.8 Å². The molecule has 2 rings (SSSR count). The van der Waals surface area contributed by atoms with Gasteiger partial charge in [0.25, 0.3) is 0 Å². The van der Waals surface area contributed by atoms with E-state index in [1.807, 2.05) is 6.20 Å². The van der Waals surface area contributed by atoms with Gasteiger partial charge < -0.3 is 10.3 Å². The lowest BCUT2D eigenvalue weighted by molar-refractivity contribution is 0.730. The fourth-order valence-corrected chi connectivity index (χ4v) is 2.11. The van der Waals surface area contributed by atoms with Crippen LogP contribution in [0, 0.1) is 6.92 Å². The van der Waals surface area contributed by atoms with Gasteiger partial charge in [0.05, 0.1) is 0 Å². The summed E-state index contributed by atoms with van der Waals surface area (Å²) < 4.78 is 2.17. The SMILES string of the molecule is Cc1ccc(CCc2ncc(CCN)n2C)cc1. The van der Waals surface area contributed by atoms with Crippen molar-refractivity contribution < 1.29 is 0 Å². The maximum Gasteiger partial charge on any atom is 0.108 e. The van der Waals surface area contributed by atoms with Gasteiger partial charge in [0.15, 0.2) is 0 Å². The molecule has 0 amide bonds. The second-order valence-corrected chi connectivity index (χ2v) is 4.75. The maximum atomic E-state index is 5.58. The van der Waals surface area contributed by atoms with Crippen molar-refractivity contribution in [3.8, 4) is 0 Å². The van der Waals surface area contributed by atoms with Crippen LogP contribution in [0.4, 0.5) is 0 Å². The zero-order chi connectivity index (χ0) is 13.0. The topological polar surface area (TPSA) is 43.8 Å². The molecule has 0 saturated heterocycles. The van der Waals surface area contributed by atoms with Crippen molar-refractivity contribution in [2.75, 3.05) is 6.54 Å². The van der Waals surface area contributed by atoms with Crippen LogP contribution in [0.3, 0.4) is 0 Å². The number of imidazole rings is 1. The van der Waals surface area contributed by atoms with Gasteiger partial charge in [-0.2, -0.15) is 0 Å². The Morgan fingerprint density at radius 1 is 1.11 bits per heavy atom. The molecule has 0 aliphatic carbocycles. The maximum absolute atomic E-state index is 5.58. The monoisotopic (exact) mass is 243 g/mol. The molecule has 3 heteroatoms. The molecule has 2 N–H and O–H groups in total. The fourth-order valence-electron chi connectivity index (χ4n) is 2.11. The van der Waals surface area contributed by atoms with E-state index in [9.17, 15) is 0 Å². The summed E-state index contributed by atoms with van der Waals surface area (Å²) in [7, 11) is 2.07. The van der Waals surface area contributed by atoms with Gasteiger partial charge in [0, 0.05) is 31.8 Å². The molecule has 0 unspecified atom stereocenters. The Labute approximate surface area is 109 Å². The number of benzene rings is 1. The molecule has 1 aromatic carbocycles. The summed E-state index contributed by atoms with van der Waals surface area (Å²) in [6.45, 7) is 2.79. The van der Waals surface area contributed by atoms with Crippen LogP contribution in [0.1, 0.15) is 22.6 Å². The molecule has 3 nitrogen and oxygen atoms in total. The van der Waals surface area contributed by atoms with Crippen LogP contribution in [-0.2, 0) is 26.3 Å². The highest BCUT2D eigenvalue weighted by Gasteiger charge is 2.05. The van der Waals surface area contributed by atoms with Crippen LogP contribution >= 0.6 is 0 Å². The summed E-state index contributed by atoms with van der Waals surface area (Å²) in [6, 6.07) is 8.71. The summed E-state index contributed by atoms with van der Waals surface area (Å²) in [4.78, 5) is 4.47. The zero-order valence-electron chi connectivity index (χ0n) is 11.2. The Kier molecular flexibility index (Phi) is 4.15. The predicted octanol–water partition coefficient (Wildman–Crippen LogP) is 2.01. The molecule has 0 aliphatic heterocycles. The number of nitrogens with zero attached hydrogens (tertiary/aromatic N) is 2. The van der Waals surface area contributed by atoms with Crippen LogP contribution in [0.15, 0.2) is 30.5 Å². The van der Waals surface area contributed by atoms with Crippen molar-refractivity contribution in [3.05, 3.63) is 53.1 Å². The number of hydrogen-bond acceptors (Lipinski definition) is 2. The van der Waals surface area contributed by atoms with E-state index >= 15 is 0 Å². The van der Waals surface area contributed by atoms with E-state index in [4.69, 9.17) is 5.73 Å². The summed E-state index contributed by atoms with van der Waals surface area (Å²) in [5.41, 5.74) is 9.47. The Hall–Kier alpha value is -1.61. The minimum Gasteiger partial charge on any atom is -0.335 e. The third kappa shape index (κ3) is 2.99. The molecule has 1 heterocycles. The van der Waals surface area contributed by atoms with Crippen LogP contribution in [0.25, 0.3) is 0 Å². The number of rotatable bonds is 5. The van der Waals surface area contributed by atoms with Crippen LogP contribution < -0.4 is 5.73 Å². The molecule has 2 aromatic rings. The third-order valence-corrected chi connectivity index (χ3v) is 3.34. The molecular weight excluding hydrogens is 222 g/mol. The van der Waals surface area contributed by atoms with Crippen molar-refractivity contribution in [1.29, 1.82) is 0 Å². The molecular formula is C15H21N3. The number of nitrogens with two attached hydrogens (primary N) is 1. The van der Waals surface area contributed by atoms with Crippen molar-refractivity contribution in [2.24, 2.45) is 12.8 Å². The molecule has 1 aromatic heterocycles. The van der Waals surface area contributed by atoms with Gasteiger partial charge in [0.2, 0.25) is 0 Å². The highest BCUT2D eigenvalue weighted by Crippen LogP contribution is 2.09. The minimum atomic E-state index is 0.678. The molecule has 96 valence electrons. The first-order valence-corrected chi connectivity index (χ1v) is 6.46. The first-order valence-electron chi connectivity index (χ1n) is 6.46. The van der Waals surface area contributed by atoms with Gasteiger partial charge in [-0.1, -0.05) is 29.8 Å². The number of hydrogen-bond donors (Lipinski definition) is 1. The van der Waals surface area contributed by atoms with Crippen LogP contribution in [0.5, 0.6) is 0 Å². The average Bonchev–Trinajstić information content (AvgIpc) is 2.71. The molecule has 0 atom stereocenters. The Morgan fingerprint density at radius 3 is 2.50 bits per heavy atom. The molecule has 0 aliphatic rings. The average molecular weight is 243 g/mol. The molecule has 0 saturated carbocycles. The standard InChI is InChI=1S/C15H21N3/c1-12-3-5-13(6-4-12)7-8-15-17-11-14(9-10-16)18(15)2/h3-6,11H,7-10,16H2,1-2H3. The predicted molar refractivity (Wildman–Crippen MR) is 74.6 cm³/mol. The van der Waals surface area contributed by atoms with Crippen LogP contribution in [-0.4, -0.2) is 16.1 Å². The summed E-state index contributed by atoms with van der Waals surface area (Å²) >= 11 is 0. The Bertz CT molecular complexity index is 497. The van der Waals surface area contributed by atoms with E-state index in [2.05, 4.69) is 47.8 Å². The molecule has 0 fully saturated rings. The lowest BCUT2D eigenvalue weighted by Crippen LogP contribution is -2.08.